The molecule has 1 atom stereocenters. The summed E-state index contributed by atoms with van der Waals surface area (Å²) in [5.74, 6) is -1.17. The van der Waals surface area contributed by atoms with Crippen molar-refractivity contribution < 1.29 is 26.0 Å². The largest absolute Gasteiger partial charge is 0.341 e. The molecule has 0 radical (unpaired) electrons. The molecule has 1 heterocycles. The summed E-state index contributed by atoms with van der Waals surface area (Å²) in [7, 11) is -5.65. The molecule has 1 aliphatic rings. The van der Waals surface area contributed by atoms with Gasteiger partial charge in [0.05, 0.1) is 22.9 Å². The zero-order valence-electron chi connectivity index (χ0n) is 13.3. The van der Waals surface area contributed by atoms with Crippen LogP contribution in [0.1, 0.15) is 12.0 Å². The molecule has 1 unspecified atom stereocenters. The van der Waals surface area contributed by atoms with Crippen molar-refractivity contribution in [1.82, 2.24) is 9.62 Å². The number of halogens is 1. The summed E-state index contributed by atoms with van der Waals surface area (Å²) >= 11 is 0. The molecule has 1 N–H and O–H groups in total. The molecule has 1 fully saturated rings. The van der Waals surface area contributed by atoms with Gasteiger partial charge in [0.25, 0.3) is 0 Å². The van der Waals surface area contributed by atoms with Crippen LogP contribution < -0.4 is 4.72 Å². The van der Waals surface area contributed by atoms with Crippen LogP contribution in [0.3, 0.4) is 0 Å². The average Bonchev–Trinajstić information content (AvgIpc) is 2.83. The van der Waals surface area contributed by atoms with Gasteiger partial charge in [-0.25, -0.2) is 25.9 Å². The lowest BCUT2D eigenvalue weighted by molar-refractivity contribution is -0.130. The predicted molar refractivity (Wildman–Crippen MR) is 86.2 cm³/mol. The van der Waals surface area contributed by atoms with Crippen LogP contribution in [-0.2, 0) is 24.7 Å². The Morgan fingerprint density at radius 3 is 2.62 bits per heavy atom. The van der Waals surface area contributed by atoms with Gasteiger partial charge in [-0.2, -0.15) is 0 Å². The lowest BCUT2D eigenvalue weighted by Gasteiger charge is -2.23. The van der Waals surface area contributed by atoms with Gasteiger partial charge in [0, 0.05) is 13.1 Å². The molecule has 10 heteroatoms. The van der Waals surface area contributed by atoms with Crippen molar-refractivity contribution in [2.24, 2.45) is 0 Å². The molecular formula is C14H19FN2O5S2. The number of rotatable bonds is 5. The maximum atomic E-state index is 13.1. The summed E-state index contributed by atoms with van der Waals surface area (Å²) in [6.45, 7) is 0.959. The quantitative estimate of drug-likeness (QED) is 0.781. The maximum absolute atomic E-state index is 13.1. The van der Waals surface area contributed by atoms with Crippen molar-refractivity contribution in [2.75, 3.05) is 25.1 Å². The number of sulfone groups is 1. The topological polar surface area (TPSA) is 101 Å². The Morgan fingerprint density at radius 1 is 1.42 bits per heavy atom. The van der Waals surface area contributed by atoms with E-state index in [0.717, 1.165) is 18.2 Å². The predicted octanol–water partition coefficient (Wildman–Crippen LogP) is 0.0579. The zero-order valence-corrected chi connectivity index (χ0v) is 15.0. The summed E-state index contributed by atoms with van der Waals surface area (Å²) in [4.78, 5) is 13.2. The second kappa shape index (κ2) is 6.77. The maximum Gasteiger partial charge on any atom is 0.241 e. The summed E-state index contributed by atoms with van der Waals surface area (Å²) in [6, 6.07) is 2.80. The average molecular weight is 378 g/mol. The summed E-state index contributed by atoms with van der Waals surface area (Å²) in [6.07, 6.45) is 0.342. The lowest BCUT2D eigenvalue weighted by atomic mass is 10.2. The third kappa shape index (κ3) is 4.31. The Hall–Kier alpha value is -1.52. The smallest absolute Gasteiger partial charge is 0.241 e. The molecular weight excluding hydrogens is 359 g/mol. The molecule has 0 aromatic heterocycles. The standard InChI is InChI=1S/C14H19FN2O5S2/c1-10-7-11(15)3-4-13(10)24(21,22)16-8-14(18)17(2)12-5-6-23(19,20)9-12/h3-4,7,12,16H,5-6,8-9H2,1-2H3. The number of nitrogens with one attached hydrogen (secondary N) is 1. The first-order chi connectivity index (χ1) is 11.0. The van der Waals surface area contributed by atoms with E-state index in [1.54, 1.807) is 0 Å². The first-order valence-electron chi connectivity index (χ1n) is 7.24. The Balaban J connectivity index is 2.02. The number of hydrogen-bond acceptors (Lipinski definition) is 5. The molecule has 24 heavy (non-hydrogen) atoms. The van der Waals surface area contributed by atoms with Gasteiger partial charge in [0.15, 0.2) is 9.84 Å². The highest BCUT2D eigenvalue weighted by Crippen LogP contribution is 2.18. The number of likely N-dealkylation sites (N-methyl/N-ethyl adjacent to an activating group) is 1. The van der Waals surface area contributed by atoms with Gasteiger partial charge >= 0.3 is 0 Å². The minimum atomic E-state index is -3.97. The molecule has 7 nitrogen and oxygen atoms in total. The monoisotopic (exact) mass is 378 g/mol. The van der Waals surface area contributed by atoms with Crippen LogP contribution in [0.25, 0.3) is 0 Å². The van der Waals surface area contributed by atoms with E-state index in [9.17, 15) is 26.0 Å². The van der Waals surface area contributed by atoms with Crippen molar-refractivity contribution >= 4 is 25.8 Å². The number of aryl methyl sites for hydroxylation is 1. The van der Waals surface area contributed by atoms with Gasteiger partial charge in [-0.1, -0.05) is 0 Å². The lowest BCUT2D eigenvalue weighted by Crippen LogP contribution is -2.43. The van der Waals surface area contributed by atoms with Crippen LogP contribution in [-0.4, -0.2) is 58.8 Å². The third-order valence-corrected chi connectivity index (χ3v) is 7.30. The summed E-state index contributed by atoms with van der Waals surface area (Å²) < 4.78 is 62.6. The molecule has 1 amide bonds. The van der Waals surface area contributed by atoms with Gasteiger partial charge in [0.1, 0.15) is 5.82 Å². The Kier molecular flexibility index (Phi) is 5.31. The second-order valence-corrected chi connectivity index (χ2v) is 9.76. The van der Waals surface area contributed by atoms with Crippen LogP contribution in [0, 0.1) is 12.7 Å². The number of benzene rings is 1. The minimum absolute atomic E-state index is 0.0236. The molecule has 2 rings (SSSR count). The highest BCUT2D eigenvalue weighted by Gasteiger charge is 2.33. The van der Waals surface area contributed by atoms with Gasteiger partial charge in [-0.15, -0.1) is 0 Å². The van der Waals surface area contributed by atoms with E-state index in [1.807, 2.05) is 0 Å². The first-order valence-corrected chi connectivity index (χ1v) is 10.5. The van der Waals surface area contributed by atoms with Gasteiger partial charge < -0.3 is 4.90 Å². The van der Waals surface area contributed by atoms with E-state index >= 15 is 0 Å². The number of hydrogen-bond donors (Lipinski definition) is 1. The van der Waals surface area contributed by atoms with Crippen LogP contribution in [0.2, 0.25) is 0 Å². The number of sulfonamides is 1. The van der Waals surface area contributed by atoms with Crippen molar-refractivity contribution in [3.63, 3.8) is 0 Å². The molecule has 0 spiro atoms. The normalized spacial score (nSPS) is 20.0. The van der Waals surface area contributed by atoms with Gasteiger partial charge in [0.2, 0.25) is 15.9 Å². The second-order valence-electron chi connectivity index (χ2n) is 5.80. The fraction of sp³-hybridized carbons (Fsp3) is 0.500. The Morgan fingerprint density at radius 2 is 2.08 bits per heavy atom. The minimum Gasteiger partial charge on any atom is -0.341 e. The number of carbonyl (C=O) groups excluding carboxylic acids is 1. The van der Waals surface area contributed by atoms with Gasteiger partial charge in [-0.05, 0) is 37.1 Å². The molecule has 0 saturated carbocycles. The highest BCUT2D eigenvalue weighted by molar-refractivity contribution is 7.91. The van der Waals surface area contributed by atoms with Crippen LogP contribution in [0.5, 0.6) is 0 Å². The van der Waals surface area contributed by atoms with Gasteiger partial charge in [-0.3, -0.25) is 4.79 Å². The Bertz CT molecular complexity index is 852. The van der Waals surface area contributed by atoms with Crippen LogP contribution in [0.15, 0.2) is 23.1 Å². The third-order valence-electron chi connectivity index (χ3n) is 3.99. The summed E-state index contributed by atoms with van der Waals surface area (Å²) in [5.41, 5.74) is 0.227. The van der Waals surface area contributed by atoms with E-state index in [-0.39, 0.29) is 22.0 Å². The first kappa shape index (κ1) is 18.8. The molecule has 1 aliphatic heterocycles. The van der Waals surface area contributed by atoms with Crippen molar-refractivity contribution in [3.8, 4) is 0 Å². The van der Waals surface area contributed by atoms with E-state index in [4.69, 9.17) is 0 Å². The molecule has 134 valence electrons. The van der Waals surface area contributed by atoms with Crippen LogP contribution in [0.4, 0.5) is 4.39 Å². The van der Waals surface area contributed by atoms with E-state index < -0.39 is 44.2 Å². The highest BCUT2D eigenvalue weighted by atomic mass is 32.2. The van der Waals surface area contributed by atoms with E-state index in [0.29, 0.717) is 6.42 Å². The van der Waals surface area contributed by atoms with Crippen molar-refractivity contribution in [2.45, 2.75) is 24.3 Å². The molecule has 1 aromatic carbocycles. The van der Waals surface area contributed by atoms with E-state index in [2.05, 4.69) is 4.72 Å². The molecule has 1 saturated heterocycles. The fourth-order valence-corrected chi connectivity index (χ4v) is 5.53. The zero-order chi connectivity index (χ0) is 18.1. The van der Waals surface area contributed by atoms with Crippen molar-refractivity contribution in [3.05, 3.63) is 29.6 Å². The fourth-order valence-electron chi connectivity index (χ4n) is 2.56. The molecule has 0 aliphatic carbocycles. The molecule has 1 aromatic rings. The summed E-state index contributed by atoms with van der Waals surface area (Å²) in [5, 5.41) is 0. The SMILES string of the molecule is Cc1cc(F)ccc1S(=O)(=O)NCC(=O)N(C)C1CCS(=O)(=O)C1. The number of amides is 1. The number of carbonyl (C=O) groups is 1. The van der Waals surface area contributed by atoms with Crippen LogP contribution >= 0.6 is 0 Å². The van der Waals surface area contributed by atoms with Crippen molar-refractivity contribution in [1.29, 1.82) is 0 Å². The Labute approximate surface area is 140 Å². The molecule has 0 bridgehead atoms. The van der Waals surface area contributed by atoms with E-state index in [1.165, 1.54) is 18.9 Å². The number of nitrogens with zero attached hydrogens (tertiary/aromatic N) is 1.